The van der Waals surface area contributed by atoms with E-state index in [4.69, 9.17) is 23.4 Å². The summed E-state index contributed by atoms with van der Waals surface area (Å²) >= 11 is 0. The third kappa shape index (κ3) is 4.16. The van der Waals surface area contributed by atoms with Gasteiger partial charge in [-0.2, -0.15) is 0 Å². The lowest BCUT2D eigenvalue weighted by Gasteiger charge is -2.21. The number of hydrogen-bond donors (Lipinski definition) is 1. The molecule has 27 heavy (non-hydrogen) atoms. The molecule has 0 aliphatic carbocycles. The van der Waals surface area contributed by atoms with E-state index in [0.717, 1.165) is 0 Å². The lowest BCUT2D eigenvalue weighted by atomic mass is 9.91. The van der Waals surface area contributed by atoms with Crippen molar-refractivity contribution < 1.29 is 33.3 Å². The predicted octanol–water partition coefficient (Wildman–Crippen LogP) is 2.37. The highest BCUT2D eigenvalue weighted by Gasteiger charge is 2.30. The molecule has 0 bridgehead atoms. The van der Waals surface area contributed by atoms with Gasteiger partial charge in [-0.25, -0.2) is 0 Å². The fraction of sp³-hybridized carbons (Fsp3) is 0.368. The number of aromatic hydroxyl groups is 1. The van der Waals surface area contributed by atoms with Crippen LogP contribution in [0.3, 0.4) is 0 Å². The van der Waals surface area contributed by atoms with E-state index >= 15 is 0 Å². The van der Waals surface area contributed by atoms with E-state index in [1.807, 2.05) is 0 Å². The van der Waals surface area contributed by atoms with Gasteiger partial charge in [0.25, 0.3) is 0 Å². The van der Waals surface area contributed by atoms with E-state index in [0.29, 0.717) is 28.6 Å². The van der Waals surface area contributed by atoms with Crippen molar-refractivity contribution in [1.29, 1.82) is 0 Å². The van der Waals surface area contributed by atoms with Crippen molar-refractivity contribution in [3.05, 3.63) is 45.5 Å². The molecule has 0 spiro atoms. The fourth-order valence-corrected chi connectivity index (χ4v) is 2.78. The third-order valence-corrected chi connectivity index (χ3v) is 4.10. The van der Waals surface area contributed by atoms with Gasteiger partial charge in [-0.15, -0.1) is 0 Å². The first-order valence-corrected chi connectivity index (χ1v) is 8.06. The fourth-order valence-electron chi connectivity index (χ4n) is 2.78. The number of aryl methyl sites for hydroxylation is 1. The number of hydrogen-bond acceptors (Lipinski definition) is 8. The molecule has 1 atom stereocenters. The zero-order chi connectivity index (χ0) is 20.1. The molecule has 146 valence electrons. The lowest BCUT2D eigenvalue weighted by Crippen LogP contribution is -2.14. The first kappa shape index (κ1) is 20.2. The molecule has 1 aromatic carbocycles. The molecule has 0 aliphatic rings. The van der Waals surface area contributed by atoms with E-state index in [9.17, 15) is 14.7 Å². The maximum atomic E-state index is 12.0. The molecule has 0 radical (unpaired) electrons. The second-order valence-corrected chi connectivity index (χ2v) is 5.72. The van der Waals surface area contributed by atoms with Gasteiger partial charge in [0.2, 0.25) is 11.2 Å². The van der Waals surface area contributed by atoms with Crippen molar-refractivity contribution in [2.45, 2.75) is 19.3 Å². The smallest absolute Gasteiger partial charge is 0.306 e. The maximum absolute atomic E-state index is 12.0. The zero-order valence-electron chi connectivity index (χ0n) is 15.8. The second kappa shape index (κ2) is 8.48. The molecule has 0 saturated heterocycles. The summed E-state index contributed by atoms with van der Waals surface area (Å²) in [6.07, 6.45) is -0.192. The number of esters is 1. The van der Waals surface area contributed by atoms with Gasteiger partial charge in [-0.1, -0.05) is 0 Å². The highest BCUT2D eigenvalue weighted by molar-refractivity contribution is 5.72. The first-order chi connectivity index (χ1) is 12.9. The van der Waals surface area contributed by atoms with Gasteiger partial charge in [-0.05, 0) is 13.0 Å². The normalized spacial score (nSPS) is 11.6. The largest absolute Gasteiger partial charge is 0.502 e. The van der Waals surface area contributed by atoms with E-state index in [1.54, 1.807) is 19.1 Å². The van der Waals surface area contributed by atoms with Crippen LogP contribution in [0.4, 0.5) is 0 Å². The quantitative estimate of drug-likeness (QED) is 0.732. The van der Waals surface area contributed by atoms with E-state index < -0.39 is 23.1 Å². The number of benzene rings is 1. The number of carbonyl (C=O) groups is 1. The van der Waals surface area contributed by atoms with Crippen LogP contribution in [0.2, 0.25) is 0 Å². The van der Waals surface area contributed by atoms with Crippen LogP contribution in [0.1, 0.15) is 29.4 Å². The average Bonchev–Trinajstić information content (AvgIpc) is 2.67. The Morgan fingerprint density at radius 3 is 2.19 bits per heavy atom. The summed E-state index contributed by atoms with van der Waals surface area (Å²) in [7, 11) is 5.64. The van der Waals surface area contributed by atoms with Crippen molar-refractivity contribution in [2.75, 3.05) is 28.4 Å². The molecule has 0 saturated carbocycles. The van der Waals surface area contributed by atoms with Gasteiger partial charge >= 0.3 is 5.97 Å². The molecule has 0 aliphatic heterocycles. The Balaban J connectivity index is 2.76. The SMILES string of the molecule is COC(=O)C[C@@H](c1cc(OC)c(OC)cc1OC)c1oc(C)cc(=O)c1O. The van der Waals surface area contributed by atoms with Gasteiger partial charge < -0.3 is 28.5 Å². The Kier molecular flexibility index (Phi) is 6.33. The van der Waals surface area contributed by atoms with Crippen LogP contribution >= 0.6 is 0 Å². The number of rotatable bonds is 7. The van der Waals surface area contributed by atoms with Gasteiger partial charge in [0.15, 0.2) is 17.3 Å². The minimum Gasteiger partial charge on any atom is -0.502 e. The average molecular weight is 378 g/mol. The summed E-state index contributed by atoms with van der Waals surface area (Å²) in [5, 5.41) is 10.3. The van der Waals surface area contributed by atoms with Crippen molar-refractivity contribution in [3.8, 4) is 23.0 Å². The van der Waals surface area contributed by atoms with E-state index in [-0.39, 0.29) is 12.2 Å². The van der Waals surface area contributed by atoms with Crippen molar-refractivity contribution in [2.24, 2.45) is 0 Å². The van der Waals surface area contributed by atoms with Gasteiger partial charge in [0, 0.05) is 17.7 Å². The second-order valence-electron chi connectivity index (χ2n) is 5.72. The molecule has 1 N–H and O–H groups in total. The lowest BCUT2D eigenvalue weighted by molar-refractivity contribution is -0.140. The predicted molar refractivity (Wildman–Crippen MR) is 96.0 cm³/mol. The Morgan fingerprint density at radius 2 is 1.63 bits per heavy atom. The third-order valence-electron chi connectivity index (χ3n) is 4.10. The van der Waals surface area contributed by atoms with Crippen LogP contribution in [0, 0.1) is 6.92 Å². The van der Waals surface area contributed by atoms with Crippen molar-refractivity contribution in [3.63, 3.8) is 0 Å². The molecule has 8 nitrogen and oxygen atoms in total. The molecular formula is C19H22O8. The van der Waals surface area contributed by atoms with Crippen molar-refractivity contribution >= 4 is 5.97 Å². The first-order valence-electron chi connectivity index (χ1n) is 8.06. The molecule has 2 rings (SSSR count). The number of carbonyl (C=O) groups excluding carboxylic acids is 1. The maximum Gasteiger partial charge on any atom is 0.306 e. The molecule has 1 aromatic heterocycles. The van der Waals surface area contributed by atoms with Crippen LogP contribution in [0.15, 0.2) is 27.4 Å². The van der Waals surface area contributed by atoms with E-state index in [2.05, 4.69) is 0 Å². The molecule has 8 heteroatoms. The van der Waals surface area contributed by atoms with Gasteiger partial charge in [-0.3, -0.25) is 9.59 Å². The summed E-state index contributed by atoms with van der Waals surface area (Å²) in [6.45, 7) is 1.57. The Hall–Kier alpha value is -3.16. The van der Waals surface area contributed by atoms with Gasteiger partial charge in [0.1, 0.15) is 11.5 Å². The molecule has 2 aromatic rings. The topological polar surface area (TPSA) is 104 Å². The Morgan fingerprint density at radius 1 is 1.04 bits per heavy atom. The highest BCUT2D eigenvalue weighted by atomic mass is 16.5. The van der Waals surface area contributed by atoms with Gasteiger partial charge in [0.05, 0.1) is 40.8 Å². The summed E-state index contributed by atoms with van der Waals surface area (Å²) < 4.78 is 26.4. The molecule has 0 unspecified atom stereocenters. The van der Waals surface area contributed by atoms with Crippen LogP contribution in [-0.4, -0.2) is 39.5 Å². The van der Waals surface area contributed by atoms with Crippen LogP contribution in [0.5, 0.6) is 23.0 Å². The van der Waals surface area contributed by atoms with Crippen LogP contribution < -0.4 is 19.6 Å². The Labute approximate surface area is 156 Å². The summed E-state index contributed by atoms with van der Waals surface area (Å²) in [6, 6.07) is 4.36. The summed E-state index contributed by atoms with van der Waals surface area (Å²) in [5.74, 6) is -0.572. The number of ether oxygens (including phenoxy) is 4. The zero-order valence-corrected chi connectivity index (χ0v) is 15.8. The van der Waals surface area contributed by atoms with Crippen molar-refractivity contribution in [1.82, 2.24) is 0 Å². The molecule has 0 amide bonds. The minimum absolute atomic E-state index is 0.0593. The molecule has 0 fully saturated rings. The van der Waals surface area contributed by atoms with Crippen LogP contribution in [-0.2, 0) is 9.53 Å². The summed E-state index contributed by atoms with van der Waals surface area (Å²) in [5.41, 5.74) is -0.146. The minimum atomic E-state index is -0.847. The summed E-state index contributed by atoms with van der Waals surface area (Å²) in [4.78, 5) is 24.0. The monoisotopic (exact) mass is 378 g/mol. The highest BCUT2D eigenvalue weighted by Crippen LogP contribution is 2.43. The van der Waals surface area contributed by atoms with E-state index in [1.165, 1.54) is 34.5 Å². The number of methoxy groups -OCH3 is 4. The van der Waals surface area contributed by atoms with Crippen LogP contribution in [0.25, 0.3) is 0 Å². The molecular weight excluding hydrogens is 356 g/mol. The molecule has 1 heterocycles. The Bertz CT molecular complexity index is 884. The standard InChI is InChI=1S/C19H22O8/c1-10-6-13(20)18(22)19(27-10)12(8-17(21)26-5)11-7-15(24-3)16(25-4)9-14(11)23-2/h6-7,9,12,22H,8H2,1-5H3/t12-/m0/s1.